The third-order valence-corrected chi connectivity index (χ3v) is 2.18. The van der Waals surface area contributed by atoms with Gasteiger partial charge in [-0.05, 0) is 12.5 Å². The van der Waals surface area contributed by atoms with Crippen LogP contribution in [-0.2, 0) is 4.79 Å². The number of likely N-dealkylation sites (tertiary alicyclic amines) is 1. The minimum atomic E-state index is -0.00134. The van der Waals surface area contributed by atoms with Crippen LogP contribution < -0.4 is 5.73 Å². The van der Waals surface area contributed by atoms with E-state index >= 15 is 0 Å². The van der Waals surface area contributed by atoms with Gasteiger partial charge in [0.15, 0.2) is 0 Å². The van der Waals surface area contributed by atoms with E-state index in [2.05, 4.69) is 6.58 Å². The molecular weight excluding hydrogens is 140 g/mol. The molecule has 1 rings (SSSR count). The zero-order valence-corrected chi connectivity index (χ0v) is 6.79. The summed E-state index contributed by atoms with van der Waals surface area (Å²) in [5, 5.41) is 0. The number of carbonyl (C=O) groups excluding carboxylic acids is 1. The van der Waals surface area contributed by atoms with Crippen LogP contribution in [0.15, 0.2) is 12.7 Å². The van der Waals surface area contributed by atoms with Crippen molar-refractivity contribution < 1.29 is 4.79 Å². The summed E-state index contributed by atoms with van der Waals surface area (Å²) in [7, 11) is 0. The Morgan fingerprint density at radius 1 is 1.91 bits per heavy atom. The molecule has 1 saturated heterocycles. The third kappa shape index (κ3) is 1.28. The molecule has 0 aromatic carbocycles. The molecule has 0 radical (unpaired) electrons. The van der Waals surface area contributed by atoms with Crippen LogP contribution in [0.1, 0.15) is 13.3 Å². The van der Waals surface area contributed by atoms with Gasteiger partial charge in [-0.2, -0.15) is 0 Å². The van der Waals surface area contributed by atoms with Gasteiger partial charge in [0, 0.05) is 18.6 Å². The molecule has 0 aromatic rings. The third-order valence-electron chi connectivity index (χ3n) is 2.18. The van der Waals surface area contributed by atoms with Crippen molar-refractivity contribution in [2.24, 2.45) is 5.73 Å². The van der Waals surface area contributed by atoms with Crippen LogP contribution in [0.3, 0.4) is 0 Å². The van der Waals surface area contributed by atoms with E-state index in [-0.39, 0.29) is 18.0 Å². The number of amides is 1. The summed E-state index contributed by atoms with van der Waals surface area (Å²) in [6.07, 6.45) is 2.27. The number of nitrogens with zero attached hydrogens (tertiary/aromatic N) is 1. The maximum atomic E-state index is 11.1. The molecule has 1 fully saturated rings. The second-order valence-electron chi connectivity index (χ2n) is 2.83. The first-order chi connectivity index (χ1) is 5.20. The van der Waals surface area contributed by atoms with E-state index in [4.69, 9.17) is 5.73 Å². The first kappa shape index (κ1) is 8.27. The highest BCUT2D eigenvalue weighted by Crippen LogP contribution is 2.19. The van der Waals surface area contributed by atoms with Gasteiger partial charge in [-0.3, -0.25) is 4.79 Å². The Morgan fingerprint density at radius 3 is 2.91 bits per heavy atom. The van der Waals surface area contributed by atoms with Crippen molar-refractivity contribution >= 4 is 5.91 Å². The average molecular weight is 154 g/mol. The minimum Gasteiger partial charge on any atom is -0.333 e. The number of hydrogen-bond acceptors (Lipinski definition) is 2. The number of carbonyl (C=O) groups is 1. The summed E-state index contributed by atoms with van der Waals surface area (Å²) in [4.78, 5) is 12.8. The molecule has 1 aliphatic heterocycles. The van der Waals surface area contributed by atoms with E-state index in [0.29, 0.717) is 6.54 Å². The number of rotatable bonds is 2. The normalized spacial score (nSPS) is 29.5. The molecule has 0 bridgehead atoms. The fourth-order valence-electron chi connectivity index (χ4n) is 1.47. The van der Waals surface area contributed by atoms with Crippen molar-refractivity contribution in [2.45, 2.75) is 25.4 Å². The molecule has 0 saturated carbocycles. The minimum absolute atomic E-state index is 0.00134. The largest absolute Gasteiger partial charge is 0.333 e. The topological polar surface area (TPSA) is 46.3 Å². The highest BCUT2D eigenvalue weighted by Gasteiger charge is 2.36. The predicted molar refractivity (Wildman–Crippen MR) is 44.0 cm³/mol. The van der Waals surface area contributed by atoms with Crippen molar-refractivity contribution in [1.82, 2.24) is 4.90 Å². The summed E-state index contributed by atoms with van der Waals surface area (Å²) in [5.74, 6) is -0.00134. The zero-order chi connectivity index (χ0) is 8.43. The summed E-state index contributed by atoms with van der Waals surface area (Å²) >= 11 is 0. The van der Waals surface area contributed by atoms with Gasteiger partial charge in [0.1, 0.15) is 0 Å². The Hall–Kier alpha value is -0.830. The van der Waals surface area contributed by atoms with Gasteiger partial charge in [-0.15, -0.1) is 0 Å². The summed E-state index contributed by atoms with van der Waals surface area (Å²) in [6.45, 7) is 6.14. The van der Waals surface area contributed by atoms with Crippen molar-refractivity contribution in [2.75, 3.05) is 6.54 Å². The summed E-state index contributed by atoms with van der Waals surface area (Å²) in [6, 6.07) is 0.407. The molecule has 11 heavy (non-hydrogen) atoms. The van der Waals surface area contributed by atoms with Gasteiger partial charge in [-0.1, -0.05) is 13.5 Å². The summed E-state index contributed by atoms with van der Waals surface area (Å²) in [5.41, 5.74) is 5.69. The second-order valence-corrected chi connectivity index (χ2v) is 2.83. The quantitative estimate of drug-likeness (QED) is 0.574. The molecule has 2 N–H and O–H groups in total. The van der Waals surface area contributed by atoms with E-state index in [9.17, 15) is 4.79 Å². The molecule has 1 heterocycles. The lowest BCUT2D eigenvalue weighted by Gasteiger charge is -2.45. The number of hydrogen-bond donors (Lipinski definition) is 1. The maximum absolute atomic E-state index is 11.1. The van der Waals surface area contributed by atoms with E-state index in [1.54, 1.807) is 4.90 Å². The Kier molecular flexibility index (Phi) is 2.29. The lowest BCUT2D eigenvalue weighted by molar-refractivity contribution is -0.134. The van der Waals surface area contributed by atoms with Gasteiger partial charge in [-0.25, -0.2) is 0 Å². The van der Waals surface area contributed by atoms with Gasteiger partial charge in [0.05, 0.1) is 0 Å². The van der Waals surface area contributed by atoms with Crippen molar-refractivity contribution in [3.05, 3.63) is 12.7 Å². The first-order valence-electron chi connectivity index (χ1n) is 3.89. The highest BCUT2D eigenvalue weighted by molar-refractivity contribution is 5.88. The fourth-order valence-corrected chi connectivity index (χ4v) is 1.47. The average Bonchev–Trinajstić information content (AvgIpc) is 1.99. The van der Waals surface area contributed by atoms with E-state index in [1.165, 1.54) is 6.08 Å². The van der Waals surface area contributed by atoms with Crippen LogP contribution in [-0.4, -0.2) is 29.4 Å². The lowest BCUT2D eigenvalue weighted by Crippen LogP contribution is -2.65. The second kappa shape index (κ2) is 3.05. The van der Waals surface area contributed by atoms with Crippen molar-refractivity contribution in [1.29, 1.82) is 0 Å². The molecule has 2 unspecified atom stereocenters. The van der Waals surface area contributed by atoms with Gasteiger partial charge in [0.25, 0.3) is 0 Å². The smallest absolute Gasteiger partial charge is 0.246 e. The molecule has 0 aliphatic carbocycles. The van der Waals surface area contributed by atoms with E-state index in [1.807, 2.05) is 6.92 Å². The Bertz CT molecular complexity index is 179. The standard InChI is InChI=1S/C8H14N2O/c1-3-7-6(9)5-10(7)8(11)4-2/h4,6-7H,2-3,5,9H2,1H3. The lowest BCUT2D eigenvalue weighted by atomic mass is 9.95. The van der Waals surface area contributed by atoms with Gasteiger partial charge >= 0.3 is 0 Å². The molecule has 0 aromatic heterocycles. The van der Waals surface area contributed by atoms with Crippen molar-refractivity contribution in [3.8, 4) is 0 Å². The van der Waals surface area contributed by atoms with Crippen LogP contribution in [0.4, 0.5) is 0 Å². The van der Waals surface area contributed by atoms with E-state index < -0.39 is 0 Å². The first-order valence-corrected chi connectivity index (χ1v) is 3.89. The predicted octanol–water partition coefficient (Wildman–Crippen LogP) is 0.120. The van der Waals surface area contributed by atoms with E-state index in [0.717, 1.165) is 6.42 Å². The SMILES string of the molecule is C=CC(=O)N1CC(N)C1CC. The van der Waals surface area contributed by atoms with Crippen LogP contribution in [0.25, 0.3) is 0 Å². The highest BCUT2D eigenvalue weighted by atomic mass is 16.2. The molecule has 1 aliphatic rings. The maximum Gasteiger partial charge on any atom is 0.246 e. The van der Waals surface area contributed by atoms with Crippen LogP contribution in [0.2, 0.25) is 0 Å². The van der Waals surface area contributed by atoms with Gasteiger partial charge in [0.2, 0.25) is 5.91 Å². The Balaban J connectivity index is 2.50. The molecule has 62 valence electrons. The molecule has 3 heteroatoms. The Labute approximate surface area is 66.9 Å². The zero-order valence-electron chi connectivity index (χ0n) is 6.79. The molecule has 1 amide bonds. The fraction of sp³-hybridized carbons (Fsp3) is 0.625. The van der Waals surface area contributed by atoms with Crippen LogP contribution in [0.5, 0.6) is 0 Å². The Morgan fingerprint density at radius 2 is 2.55 bits per heavy atom. The monoisotopic (exact) mass is 154 g/mol. The molecule has 3 nitrogen and oxygen atoms in total. The molecular formula is C8H14N2O. The molecule has 2 atom stereocenters. The number of nitrogens with two attached hydrogens (primary N) is 1. The van der Waals surface area contributed by atoms with Gasteiger partial charge < -0.3 is 10.6 Å². The van der Waals surface area contributed by atoms with Crippen LogP contribution in [0, 0.1) is 0 Å². The molecule has 0 spiro atoms. The summed E-state index contributed by atoms with van der Waals surface area (Å²) < 4.78 is 0. The van der Waals surface area contributed by atoms with Crippen molar-refractivity contribution in [3.63, 3.8) is 0 Å². The van der Waals surface area contributed by atoms with Crippen LogP contribution >= 0.6 is 0 Å².